The van der Waals surface area contributed by atoms with Crippen LogP contribution in [0.25, 0.3) is 0 Å². The number of nitrogens with zero attached hydrogens (tertiary/aromatic N) is 1. The van der Waals surface area contributed by atoms with E-state index in [9.17, 15) is 4.39 Å². The van der Waals surface area contributed by atoms with Crippen LogP contribution in [0.4, 0.5) is 4.39 Å². The van der Waals surface area contributed by atoms with Crippen molar-refractivity contribution >= 4 is 11.6 Å². The van der Waals surface area contributed by atoms with Gasteiger partial charge >= 0.3 is 0 Å². The SMILES string of the molecule is CN1C[C@@H]2C(CNCc3ccc(F)c(Cl)c3)[C@@H]2C1. The number of rotatable bonds is 4. The van der Waals surface area contributed by atoms with Gasteiger partial charge in [-0.25, -0.2) is 4.39 Å². The summed E-state index contributed by atoms with van der Waals surface area (Å²) in [6.45, 7) is 4.34. The lowest BCUT2D eigenvalue weighted by Gasteiger charge is -2.13. The highest BCUT2D eigenvalue weighted by Crippen LogP contribution is 2.50. The third kappa shape index (κ3) is 2.40. The third-order valence-electron chi connectivity index (χ3n) is 4.25. The Kier molecular flexibility index (Phi) is 3.31. The Morgan fingerprint density at radius 2 is 2.11 bits per heavy atom. The van der Waals surface area contributed by atoms with Crippen molar-refractivity contribution in [3.63, 3.8) is 0 Å². The molecule has 0 aromatic heterocycles. The van der Waals surface area contributed by atoms with E-state index in [0.29, 0.717) is 0 Å². The van der Waals surface area contributed by atoms with Crippen LogP contribution in [0.1, 0.15) is 5.56 Å². The van der Waals surface area contributed by atoms with Gasteiger partial charge in [-0.3, -0.25) is 0 Å². The highest BCUT2D eigenvalue weighted by Gasteiger charge is 2.53. The third-order valence-corrected chi connectivity index (χ3v) is 4.54. The van der Waals surface area contributed by atoms with Crippen molar-refractivity contribution < 1.29 is 4.39 Å². The monoisotopic (exact) mass is 268 g/mol. The predicted octanol–water partition coefficient (Wildman–Crippen LogP) is 2.38. The summed E-state index contributed by atoms with van der Waals surface area (Å²) in [6.07, 6.45) is 0. The largest absolute Gasteiger partial charge is 0.312 e. The number of piperidine rings is 1. The van der Waals surface area contributed by atoms with Gasteiger partial charge in [-0.05, 0) is 49.0 Å². The van der Waals surface area contributed by atoms with E-state index in [0.717, 1.165) is 36.4 Å². The predicted molar refractivity (Wildman–Crippen MR) is 71.1 cm³/mol. The van der Waals surface area contributed by atoms with Gasteiger partial charge in [-0.1, -0.05) is 17.7 Å². The van der Waals surface area contributed by atoms with E-state index in [4.69, 9.17) is 11.6 Å². The van der Waals surface area contributed by atoms with Crippen LogP contribution in [-0.2, 0) is 6.54 Å². The second-order valence-corrected chi connectivity index (χ2v) is 6.00. The number of halogens is 2. The smallest absolute Gasteiger partial charge is 0.141 e. The second-order valence-electron chi connectivity index (χ2n) is 5.59. The quantitative estimate of drug-likeness (QED) is 0.902. The average Bonchev–Trinajstić information content (AvgIpc) is 2.80. The van der Waals surface area contributed by atoms with Crippen LogP contribution in [-0.4, -0.2) is 31.6 Å². The second kappa shape index (κ2) is 4.80. The Bertz CT molecular complexity index is 439. The first-order valence-corrected chi connectivity index (χ1v) is 6.86. The van der Waals surface area contributed by atoms with Gasteiger partial charge in [0.25, 0.3) is 0 Å². The highest BCUT2D eigenvalue weighted by atomic mass is 35.5. The van der Waals surface area contributed by atoms with Gasteiger partial charge in [-0.2, -0.15) is 0 Å². The molecular weight excluding hydrogens is 251 g/mol. The summed E-state index contributed by atoms with van der Waals surface area (Å²) in [6, 6.07) is 4.92. The summed E-state index contributed by atoms with van der Waals surface area (Å²) >= 11 is 5.75. The molecule has 98 valence electrons. The van der Waals surface area contributed by atoms with E-state index in [1.807, 2.05) is 0 Å². The van der Waals surface area contributed by atoms with Crippen LogP contribution in [0, 0.1) is 23.6 Å². The molecule has 1 aliphatic heterocycles. The molecule has 4 heteroatoms. The number of fused-ring (bicyclic) bond motifs is 1. The van der Waals surface area contributed by atoms with Crippen LogP contribution in [0.5, 0.6) is 0 Å². The molecule has 1 saturated carbocycles. The minimum absolute atomic E-state index is 0.208. The van der Waals surface area contributed by atoms with Crippen molar-refractivity contribution in [2.45, 2.75) is 6.54 Å². The van der Waals surface area contributed by atoms with Gasteiger partial charge < -0.3 is 10.2 Å². The molecule has 18 heavy (non-hydrogen) atoms. The molecule has 3 atom stereocenters. The molecule has 1 N–H and O–H groups in total. The first-order valence-electron chi connectivity index (χ1n) is 6.48. The van der Waals surface area contributed by atoms with E-state index >= 15 is 0 Å². The molecule has 0 bridgehead atoms. The molecule has 2 nitrogen and oxygen atoms in total. The standard InChI is InChI=1S/C14H18ClFN2/c1-18-7-11-10(12(11)8-18)6-17-5-9-2-3-14(16)13(15)4-9/h2-4,10-12,17H,5-8H2,1H3/t10?,11-,12+. The first kappa shape index (κ1) is 12.4. The van der Waals surface area contributed by atoms with Crippen LogP contribution < -0.4 is 5.32 Å². The maximum Gasteiger partial charge on any atom is 0.141 e. The number of hydrogen-bond acceptors (Lipinski definition) is 2. The van der Waals surface area contributed by atoms with Crippen molar-refractivity contribution in [1.82, 2.24) is 10.2 Å². The Labute approximate surface area is 112 Å². The highest BCUT2D eigenvalue weighted by molar-refractivity contribution is 6.30. The summed E-state index contributed by atoms with van der Waals surface area (Å²) in [4.78, 5) is 2.41. The van der Waals surface area contributed by atoms with E-state index in [2.05, 4.69) is 17.3 Å². The summed E-state index contributed by atoms with van der Waals surface area (Å²) in [5.41, 5.74) is 1.05. The Morgan fingerprint density at radius 1 is 1.39 bits per heavy atom. The molecule has 1 aromatic carbocycles. The van der Waals surface area contributed by atoms with E-state index < -0.39 is 0 Å². The van der Waals surface area contributed by atoms with Gasteiger partial charge in [0.2, 0.25) is 0 Å². The van der Waals surface area contributed by atoms with Crippen LogP contribution in [0.15, 0.2) is 18.2 Å². The number of nitrogens with one attached hydrogen (secondary N) is 1. The van der Waals surface area contributed by atoms with E-state index in [1.165, 1.54) is 19.2 Å². The fraction of sp³-hybridized carbons (Fsp3) is 0.571. The zero-order valence-corrected chi connectivity index (χ0v) is 11.3. The number of hydrogen-bond donors (Lipinski definition) is 1. The molecule has 1 aliphatic carbocycles. The molecule has 1 unspecified atom stereocenters. The molecule has 0 amide bonds. The van der Waals surface area contributed by atoms with Gasteiger partial charge in [0, 0.05) is 19.6 Å². The Balaban J connectivity index is 1.44. The lowest BCUT2D eigenvalue weighted by Crippen LogP contribution is -2.24. The first-order chi connectivity index (χ1) is 8.65. The fourth-order valence-corrected chi connectivity index (χ4v) is 3.40. The van der Waals surface area contributed by atoms with Gasteiger partial charge in [0.15, 0.2) is 0 Å². The normalized spacial score (nSPS) is 30.5. The van der Waals surface area contributed by atoms with Crippen molar-refractivity contribution in [2.75, 3.05) is 26.7 Å². The Morgan fingerprint density at radius 3 is 2.78 bits per heavy atom. The van der Waals surface area contributed by atoms with Crippen LogP contribution in [0.2, 0.25) is 5.02 Å². The summed E-state index contributed by atoms with van der Waals surface area (Å²) < 4.78 is 13.0. The van der Waals surface area contributed by atoms with E-state index in [1.54, 1.807) is 12.1 Å². The van der Waals surface area contributed by atoms with Gasteiger partial charge in [-0.15, -0.1) is 0 Å². The molecule has 2 aliphatic rings. The van der Waals surface area contributed by atoms with Gasteiger partial charge in [0.05, 0.1) is 5.02 Å². The molecule has 3 rings (SSSR count). The van der Waals surface area contributed by atoms with Crippen molar-refractivity contribution in [1.29, 1.82) is 0 Å². The number of likely N-dealkylation sites (tertiary alicyclic amines) is 1. The fourth-order valence-electron chi connectivity index (χ4n) is 3.20. The maximum absolute atomic E-state index is 13.0. The maximum atomic E-state index is 13.0. The Hall–Kier alpha value is -0.640. The average molecular weight is 269 g/mol. The van der Waals surface area contributed by atoms with Crippen molar-refractivity contribution in [3.8, 4) is 0 Å². The minimum Gasteiger partial charge on any atom is -0.312 e. The lowest BCUT2D eigenvalue weighted by atomic mass is 10.2. The topological polar surface area (TPSA) is 15.3 Å². The summed E-state index contributed by atoms with van der Waals surface area (Å²) in [5.74, 6) is 2.30. The molecule has 1 heterocycles. The molecule has 0 radical (unpaired) electrons. The molecule has 1 aromatic rings. The summed E-state index contributed by atoms with van der Waals surface area (Å²) in [5, 5.41) is 3.66. The number of benzene rings is 1. The zero-order valence-electron chi connectivity index (χ0n) is 10.5. The minimum atomic E-state index is -0.347. The molecular formula is C14H18ClFN2. The van der Waals surface area contributed by atoms with Crippen molar-refractivity contribution in [2.24, 2.45) is 17.8 Å². The van der Waals surface area contributed by atoms with Crippen molar-refractivity contribution in [3.05, 3.63) is 34.6 Å². The molecule has 0 spiro atoms. The molecule has 1 saturated heterocycles. The summed E-state index contributed by atoms with van der Waals surface area (Å²) in [7, 11) is 2.19. The van der Waals surface area contributed by atoms with Crippen LogP contribution in [0.3, 0.4) is 0 Å². The zero-order chi connectivity index (χ0) is 12.7. The molecule has 2 fully saturated rings. The van der Waals surface area contributed by atoms with Crippen LogP contribution >= 0.6 is 11.6 Å². The lowest BCUT2D eigenvalue weighted by molar-refractivity contribution is 0.339. The van der Waals surface area contributed by atoms with Gasteiger partial charge in [0.1, 0.15) is 5.82 Å². The van der Waals surface area contributed by atoms with E-state index in [-0.39, 0.29) is 10.8 Å².